The fourth-order valence-corrected chi connectivity index (χ4v) is 1.56. The molecule has 18 heavy (non-hydrogen) atoms. The zero-order valence-corrected chi connectivity index (χ0v) is 9.85. The van der Waals surface area contributed by atoms with Crippen molar-refractivity contribution in [1.29, 1.82) is 0 Å². The van der Waals surface area contributed by atoms with Gasteiger partial charge in [0.15, 0.2) is 0 Å². The lowest BCUT2D eigenvalue weighted by Crippen LogP contribution is -2.17. The lowest BCUT2D eigenvalue weighted by molar-refractivity contribution is 0.0666. The second-order valence-corrected chi connectivity index (χ2v) is 3.73. The van der Waals surface area contributed by atoms with E-state index in [2.05, 4.69) is 20.3 Å². The largest absolute Gasteiger partial charge is 0.319 e. The number of nitrogens with one attached hydrogen (secondary N) is 1. The topological polar surface area (TPSA) is 55.6 Å². The molecule has 2 heterocycles. The van der Waals surface area contributed by atoms with Gasteiger partial charge in [-0.25, -0.2) is 15.0 Å². The summed E-state index contributed by atoms with van der Waals surface area (Å²) in [5.41, 5.74) is 0.817. The van der Waals surface area contributed by atoms with Crippen molar-refractivity contribution in [3.8, 4) is 0 Å². The maximum Gasteiger partial charge on any atom is 0.319 e. The van der Waals surface area contributed by atoms with Crippen LogP contribution in [0.4, 0.5) is 8.78 Å². The lowest BCUT2D eigenvalue weighted by Gasteiger charge is -2.07. The molecule has 0 spiro atoms. The van der Waals surface area contributed by atoms with Gasteiger partial charge in [-0.2, -0.15) is 8.78 Å². The molecule has 0 aromatic carbocycles. The van der Waals surface area contributed by atoms with Crippen LogP contribution in [0.15, 0.2) is 24.7 Å². The van der Waals surface area contributed by atoms with Gasteiger partial charge >= 0.3 is 6.55 Å². The molecule has 0 aliphatic rings. The van der Waals surface area contributed by atoms with Crippen molar-refractivity contribution < 1.29 is 8.78 Å². The van der Waals surface area contributed by atoms with E-state index in [1.807, 2.05) is 0 Å². The van der Waals surface area contributed by atoms with Gasteiger partial charge in [-0.05, 0) is 13.0 Å². The van der Waals surface area contributed by atoms with E-state index < -0.39 is 6.55 Å². The Morgan fingerprint density at radius 2 is 2.11 bits per heavy atom. The van der Waals surface area contributed by atoms with E-state index in [1.165, 1.54) is 12.4 Å². The average molecular weight is 253 g/mol. The molecule has 0 amide bonds. The highest BCUT2D eigenvalue weighted by Crippen LogP contribution is 2.11. The summed E-state index contributed by atoms with van der Waals surface area (Å²) in [7, 11) is 0. The van der Waals surface area contributed by atoms with E-state index in [1.54, 1.807) is 19.2 Å². The molecule has 2 aromatic rings. The SMILES string of the molecule is Cc1nccc(CNCc2nccn2C(F)F)n1. The minimum absolute atomic E-state index is 0.264. The number of imidazole rings is 1. The molecule has 0 bridgehead atoms. The Balaban J connectivity index is 1.90. The predicted octanol–water partition coefficient (Wildman–Crippen LogP) is 1.67. The lowest BCUT2D eigenvalue weighted by atomic mass is 10.4. The van der Waals surface area contributed by atoms with Crippen LogP contribution in [0, 0.1) is 6.92 Å². The molecular weight excluding hydrogens is 240 g/mol. The summed E-state index contributed by atoms with van der Waals surface area (Å²) >= 11 is 0. The molecule has 5 nitrogen and oxygen atoms in total. The van der Waals surface area contributed by atoms with Gasteiger partial charge in [-0.15, -0.1) is 0 Å². The van der Waals surface area contributed by atoms with Crippen LogP contribution in [0.1, 0.15) is 23.9 Å². The number of hydrogen-bond acceptors (Lipinski definition) is 4. The van der Waals surface area contributed by atoms with Gasteiger partial charge in [0.2, 0.25) is 0 Å². The molecule has 0 saturated heterocycles. The van der Waals surface area contributed by atoms with Crippen LogP contribution < -0.4 is 5.32 Å². The molecular formula is C11H13F2N5. The molecule has 0 radical (unpaired) electrons. The monoisotopic (exact) mass is 253 g/mol. The molecule has 7 heteroatoms. The number of aromatic nitrogens is 4. The van der Waals surface area contributed by atoms with Crippen LogP contribution in [-0.4, -0.2) is 19.5 Å². The quantitative estimate of drug-likeness (QED) is 0.880. The Bertz CT molecular complexity index is 512. The van der Waals surface area contributed by atoms with Crippen molar-refractivity contribution >= 4 is 0 Å². The summed E-state index contributed by atoms with van der Waals surface area (Å²) in [6.45, 7) is -0.0158. The Kier molecular flexibility index (Phi) is 3.93. The molecule has 0 saturated carbocycles. The van der Waals surface area contributed by atoms with Gasteiger partial charge in [-0.1, -0.05) is 0 Å². The minimum Gasteiger partial charge on any atom is -0.304 e. The maximum absolute atomic E-state index is 12.5. The Morgan fingerprint density at radius 3 is 2.83 bits per heavy atom. The van der Waals surface area contributed by atoms with Crippen molar-refractivity contribution in [3.63, 3.8) is 0 Å². The van der Waals surface area contributed by atoms with E-state index in [-0.39, 0.29) is 6.54 Å². The predicted molar refractivity (Wildman–Crippen MR) is 60.8 cm³/mol. The highest BCUT2D eigenvalue weighted by atomic mass is 19.3. The fraction of sp³-hybridized carbons (Fsp3) is 0.364. The fourth-order valence-electron chi connectivity index (χ4n) is 1.56. The molecule has 0 unspecified atom stereocenters. The minimum atomic E-state index is -2.56. The second kappa shape index (κ2) is 5.63. The maximum atomic E-state index is 12.5. The number of rotatable bonds is 5. The standard InChI is InChI=1S/C11H13F2N5/c1-8-15-3-2-9(17-8)6-14-7-10-16-4-5-18(10)11(12)13/h2-5,11,14H,6-7H2,1H3. The van der Waals surface area contributed by atoms with Crippen LogP contribution >= 0.6 is 0 Å². The van der Waals surface area contributed by atoms with Gasteiger partial charge in [0.1, 0.15) is 11.6 Å². The van der Waals surface area contributed by atoms with Crippen molar-refractivity contribution in [1.82, 2.24) is 24.8 Å². The van der Waals surface area contributed by atoms with E-state index in [9.17, 15) is 8.78 Å². The van der Waals surface area contributed by atoms with Crippen molar-refractivity contribution in [2.24, 2.45) is 0 Å². The van der Waals surface area contributed by atoms with E-state index in [0.29, 0.717) is 18.2 Å². The van der Waals surface area contributed by atoms with Crippen LogP contribution in [0.2, 0.25) is 0 Å². The number of hydrogen-bond donors (Lipinski definition) is 1. The number of alkyl halides is 2. The van der Waals surface area contributed by atoms with Gasteiger partial charge in [0.05, 0.1) is 12.2 Å². The number of nitrogens with zero attached hydrogens (tertiary/aromatic N) is 4. The zero-order valence-electron chi connectivity index (χ0n) is 9.85. The first-order chi connectivity index (χ1) is 8.66. The number of halogens is 2. The normalized spacial score (nSPS) is 11.1. The van der Waals surface area contributed by atoms with E-state index in [0.717, 1.165) is 10.3 Å². The summed E-state index contributed by atoms with van der Waals surface area (Å²) in [5.74, 6) is 0.985. The molecule has 2 rings (SSSR count). The first kappa shape index (κ1) is 12.6. The highest BCUT2D eigenvalue weighted by molar-refractivity contribution is 5.01. The van der Waals surface area contributed by atoms with Gasteiger partial charge in [0, 0.05) is 25.1 Å². The highest BCUT2D eigenvalue weighted by Gasteiger charge is 2.10. The molecule has 2 aromatic heterocycles. The average Bonchev–Trinajstić information content (AvgIpc) is 2.77. The summed E-state index contributed by atoms with van der Waals surface area (Å²) < 4.78 is 25.9. The molecule has 0 atom stereocenters. The Morgan fingerprint density at radius 1 is 1.28 bits per heavy atom. The summed E-state index contributed by atoms with van der Waals surface area (Å²) in [6, 6.07) is 1.78. The summed E-state index contributed by atoms with van der Waals surface area (Å²) in [5, 5.41) is 3.02. The van der Waals surface area contributed by atoms with Gasteiger partial charge in [0.25, 0.3) is 0 Å². The third-order valence-corrected chi connectivity index (χ3v) is 2.38. The first-order valence-corrected chi connectivity index (χ1v) is 5.46. The first-order valence-electron chi connectivity index (χ1n) is 5.46. The molecule has 1 N–H and O–H groups in total. The van der Waals surface area contributed by atoms with Crippen molar-refractivity contribution in [3.05, 3.63) is 42.0 Å². The van der Waals surface area contributed by atoms with Gasteiger partial charge < -0.3 is 5.32 Å². The Labute approximate surface area is 103 Å². The van der Waals surface area contributed by atoms with Crippen molar-refractivity contribution in [2.75, 3.05) is 0 Å². The van der Waals surface area contributed by atoms with Crippen molar-refractivity contribution in [2.45, 2.75) is 26.6 Å². The van der Waals surface area contributed by atoms with Crippen LogP contribution in [0.3, 0.4) is 0 Å². The van der Waals surface area contributed by atoms with Crippen LogP contribution in [0.25, 0.3) is 0 Å². The van der Waals surface area contributed by atoms with Gasteiger partial charge in [-0.3, -0.25) is 4.57 Å². The molecule has 0 aliphatic carbocycles. The second-order valence-electron chi connectivity index (χ2n) is 3.73. The van der Waals surface area contributed by atoms with E-state index >= 15 is 0 Å². The molecule has 96 valence electrons. The summed E-state index contributed by atoms with van der Waals surface area (Å²) in [4.78, 5) is 12.1. The van der Waals surface area contributed by atoms with E-state index in [4.69, 9.17) is 0 Å². The third-order valence-electron chi connectivity index (χ3n) is 2.38. The molecule has 0 fully saturated rings. The van der Waals surface area contributed by atoms with Crippen LogP contribution in [-0.2, 0) is 13.1 Å². The smallest absolute Gasteiger partial charge is 0.304 e. The number of aryl methyl sites for hydroxylation is 1. The van der Waals surface area contributed by atoms with Crippen LogP contribution in [0.5, 0.6) is 0 Å². The molecule has 0 aliphatic heterocycles. The summed E-state index contributed by atoms with van der Waals surface area (Å²) in [6.07, 6.45) is 4.29. The third kappa shape index (κ3) is 3.07. The zero-order chi connectivity index (χ0) is 13.0. The Hall–Kier alpha value is -1.89.